The minimum atomic E-state index is -0.248. The van der Waals surface area contributed by atoms with Crippen molar-refractivity contribution in [2.24, 2.45) is 5.10 Å². The smallest absolute Gasteiger partial charge is 0.240 e. The van der Waals surface area contributed by atoms with Gasteiger partial charge in [0.2, 0.25) is 11.8 Å². The summed E-state index contributed by atoms with van der Waals surface area (Å²) in [4.78, 5) is 24.2. The summed E-state index contributed by atoms with van der Waals surface area (Å²) in [6.07, 6.45) is 3.16. The Hall–Kier alpha value is -2.95. The quantitative estimate of drug-likeness (QED) is 0.792. The summed E-state index contributed by atoms with van der Waals surface area (Å²) in [5.41, 5.74) is 8.76. The first kappa shape index (κ1) is 18.8. The van der Waals surface area contributed by atoms with Crippen molar-refractivity contribution in [3.05, 3.63) is 64.7 Å². The SMILES string of the molecule is Cc1ccc(C)c(NC(=O)CCC(=O)NN=C2CCCc3ccccc32)c1. The highest BCUT2D eigenvalue weighted by molar-refractivity contribution is 6.03. The molecule has 0 aromatic heterocycles. The van der Waals surface area contributed by atoms with Gasteiger partial charge in [0.15, 0.2) is 0 Å². The van der Waals surface area contributed by atoms with E-state index in [-0.39, 0.29) is 24.7 Å². The number of hydrogen-bond donors (Lipinski definition) is 2. The van der Waals surface area contributed by atoms with E-state index in [9.17, 15) is 9.59 Å². The van der Waals surface area contributed by atoms with Crippen molar-refractivity contribution in [2.75, 3.05) is 5.32 Å². The molecule has 1 aliphatic rings. The van der Waals surface area contributed by atoms with Crippen LogP contribution in [0.4, 0.5) is 5.69 Å². The lowest BCUT2D eigenvalue weighted by molar-refractivity contribution is -0.124. The Kier molecular flexibility index (Phi) is 6.01. The molecule has 0 radical (unpaired) electrons. The monoisotopic (exact) mass is 363 g/mol. The molecular formula is C22H25N3O2. The van der Waals surface area contributed by atoms with Crippen molar-refractivity contribution >= 4 is 23.2 Å². The molecule has 0 saturated heterocycles. The van der Waals surface area contributed by atoms with E-state index < -0.39 is 0 Å². The van der Waals surface area contributed by atoms with E-state index in [0.717, 1.165) is 47.4 Å². The van der Waals surface area contributed by atoms with E-state index in [1.165, 1.54) is 5.56 Å². The molecule has 140 valence electrons. The third-order valence-corrected chi connectivity index (χ3v) is 4.75. The predicted octanol–water partition coefficient (Wildman–Crippen LogP) is 3.88. The fourth-order valence-corrected chi connectivity index (χ4v) is 3.21. The highest BCUT2D eigenvalue weighted by Crippen LogP contribution is 2.21. The number of anilines is 1. The Balaban J connectivity index is 1.52. The molecule has 0 aliphatic heterocycles. The number of benzene rings is 2. The fraction of sp³-hybridized carbons (Fsp3) is 0.318. The van der Waals surface area contributed by atoms with Gasteiger partial charge in [0.1, 0.15) is 0 Å². The first-order valence-electron chi connectivity index (χ1n) is 9.34. The molecule has 3 rings (SSSR count). The highest BCUT2D eigenvalue weighted by atomic mass is 16.2. The maximum atomic E-state index is 12.1. The standard InChI is InChI=1S/C22H25N3O2/c1-15-10-11-16(2)20(14-15)23-21(26)12-13-22(27)25-24-19-9-5-7-17-6-3-4-8-18(17)19/h3-4,6,8,10-11,14H,5,7,9,12-13H2,1-2H3,(H,23,26)(H,25,27). The van der Waals surface area contributed by atoms with Gasteiger partial charge in [-0.25, -0.2) is 5.43 Å². The predicted molar refractivity (Wildman–Crippen MR) is 108 cm³/mol. The molecule has 0 unspecified atom stereocenters. The van der Waals surface area contributed by atoms with E-state index in [0.29, 0.717) is 0 Å². The Morgan fingerprint density at radius 2 is 1.78 bits per heavy atom. The number of nitrogens with zero attached hydrogens (tertiary/aromatic N) is 1. The molecule has 0 heterocycles. The number of hydrazone groups is 1. The second-order valence-electron chi connectivity index (χ2n) is 6.97. The summed E-state index contributed by atoms with van der Waals surface area (Å²) in [6.45, 7) is 3.92. The van der Waals surface area contributed by atoms with Crippen molar-refractivity contribution in [1.29, 1.82) is 0 Å². The van der Waals surface area contributed by atoms with Crippen LogP contribution < -0.4 is 10.7 Å². The van der Waals surface area contributed by atoms with Crippen molar-refractivity contribution in [2.45, 2.75) is 46.0 Å². The maximum Gasteiger partial charge on any atom is 0.240 e. The number of aryl methyl sites for hydroxylation is 3. The van der Waals surface area contributed by atoms with Gasteiger partial charge in [0.25, 0.3) is 0 Å². The third-order valence-electron chi connectivity index (χ3n) is 4.75. The zero-order valence-corrected chi connectivity index (χ0v) is 15.8. The number of nitrogens with one attached hydrogen (secondary N) is 2. The average Bonchev–Trinajstić information content (AvgIpc) is 2.67. The summed E-state index contributed by atoms with van der Waals surface area (Å²) in [5.74, 6) is -0.420. The summed E-state index contributed by atoms with van der Waals surface area (Å²) >= 11 is 0. The summed E-state index contributed by atoms with van der Waals surface area (Å²) in [6, 6.07) is 14.0. The Morgan fingerprint density at radius 1 is 1.00 bits per heavy atom. The van der Waals surface area contributed by atoms with E-state index in [1.807, 2.05) is 50.2 Å². The van der Waals surface area contributed by atoms with Gasteiger partial charge in [-0.3, -0.25) is 9.59 Å². The molecule has 27 heavy (non-hydrogen) atoms. The van der Waals surface area contributed by atoms with Crippen molar-refractivity contribution < 1.29 is 9.59 Å². The molecule has 0 saturated carbocycles. The van der Waals surface area contributed by atoms with Crippen LogP contribution >= 0.6 is 0 Å². The molecule has 1 aliphatic carbocycles. The summed E-state index contributed by atoms with van der Waals surface area (Å²) < 4.78 is 0. The van der Waals surface area contributed by atoms with Gasteiger partial charge in [-0.2, -0.15) is 5.10 Å². The number of amides is 2. The summed E-state index contributed by atoms with van der Waals surface area (Å²) in [5, 5.41) is 7.17. The molecule has 2 aromatic rings. The highest BCUT2D eigenvalue weighted by Gasteiger charge is 2.15. The van der Waals surface area contributed by atoms with Gasteiger partial charge in [0, 0.05) is 24.1 Å². The van der Waals surface area contributed by atoms with Crippen LogP contribution in [0.5, 0.6) is 0 Å². The second kappa shape index (κ2) is 8.62. The normalized spacial score (nSPS) is 14.5. The number of rotatable bonds is 5. The van der Waals surface area contributed by atoms with Gasteiger partial charge in [-0.15, -0.1) is 0 Å². The molecular weight excluding hydrogens is 338 g/mol. The van der Waals surface area contributed by atoms with Gasteiger partial charge in [-0.1, -0.05) is 36.4 Å². The van der Waals surface area contributed by atoms with E-state index in [1.54, 1.807) is 0 Å². The molecule has 5 nitrogen and oxygen atoms in total. The van der Waals surface area contributed by atoms with E-state index in [4.69, 9.17) is 0 Å². The fourth-order valence-electron chi connectivity index (χ4n) is 3.21. The van der Waals surface area contributed by atoms with Crippen LogP contribution in [0.15, 0.2) is 47.6 Å². The van der Waals surface area contributed by atoms with E-state index in [2.05, 4.69) is 21.9 Å². The number of fused-ring (bicyclic) bond motifs is 1. The average molecular weight is 363 g/mol. The van der Waals surface area contributed by atoms with E-state index >= 15 is 0 Å². The lowest BCUT2D eigenvalue weighted by atomic mass is 9.90. The first-order chi connectivity index (χ1) is 13.0. The Labute approximate surface area is 159 Å². The molecule has 0 atom stereocenters. The second-order valence-corrected chi connectivity index (χ2v) is 6.97. The van der Waals surface area contributed by atoms with Gasteiger partial charge < -0.3 is 5.32 Å². The van der Waals surface area contributed by atoms with Crippen LogP contribution in [-0.2, 0) is 16.0 Å². The van der Waals surface area contributed by atoms with Gasteiger partial charge in [0.05, 0.1) is 5.71 Å². The lowest BCUT2D eigenvalue weighted by Gasteiger charge is -2.17. The van der Waals surface area contributed by atoms with Crippen LogP contribution in [0.3, 0.4) is 0 Å². The molecule has 0 bridgehead atoms. The molecule has 2 aromatic carbocycles. The number of hydrogen-bond acceptors (Lipinski definition) is 3. The Bertz CT molecular complexity index is 887. The van der Waals surface area contributed by atoms with Crippen LogP contribution in [0, 0.1) is 13.8 Å². The molecule has 2 amide bonds. The van der Waals surface area contributed by atoms with Crippen LogP contribution in [0.25, 0.3) is 0 Å². The number of carbonyl (C=O) groups is 2. The lowest BCUT2D eigenvalue weighted by Crippen LogP contribution is -2.23. The first-order valence-corrected chi connectivity index (χ1v) is 9.34. The largest absolute Gasteiger partial charge is 0.326 e. The molecule has 0 spiro atoms. The van der Waals surface area contributed by atoms with Crippen molar-refractivity contribution in [1.82, 2.24) is 5.43 Å². The van der Waals surface area contributed by atoms with Crippen molar-refractivity contribution in [3.8, 4) is 0 Å². The topological polar surface area (TPSA) is 70.6 Å². The van der Waals surface area contributed by atoms with Gasteiger partial charge >= 0.3 is 0 Å². The summed E-state index contributed by atoms with van der Waals surface area (Å²) in [7, 11) is 0. The maximum absolute atomic E-state index is 12.1. The molecule has 0 fully saturated rings. The van der Waals surface area contributed by atoms with Gasteiger partial charge in [-0.05, 0) is 55.9 Å². The molecule has 2 N–H and O–H groups in total. The Morgan fingerprint density at radius 3 is 2.63 bits per heavy atom. The third kappa shape index (κ3) is 5.03. The minimum absolute atomic E-state index is 0.106. The minimum Gasteiger partial charge on any atom is -0.326 e. The van der Waals surface area contributed by atoms with Crippen LogP contribution in [-0.4, -0.2) is 17.5 Å². The zero-order chi connectivity index (χ0) is 19.2. The molecule has 5 heteroatoms. The number of carbonyl (C=O) groups excluding carboxylic acids is 2. The zero-order valence-electron chi connectivity index (χ0n) is 15.8. The van der Waals surface area contributed by atoms with Crippen LogP contribution in [0.2, 0.25) is 0 Å². The van der Waals surface area contributed by atoms with Crippen molar-refractivity contribution in [3.63, 3.8) is 0 Å². The van der Waals surface area contributed by atoms with Crippen LogP contribution in [0.1, 0.15) is 47.9 Å².